The summed E-state index contributed by atoms with van der Waals surface area (Å²) < 4.78 is 22.1. The van der Waals surface area contributed by atoms with E-state index in [-0.39, 0.29) is 50.0 Å². The monoisotopic (exact) mass is 658 g/mol. The minimum absolute atomic E-state index is 0.0686. The smallest absolute Gasteiger partial charge is 0.320 e. The highest BCUT2D eigenvalue weighted by molar-refractivity contribution is 5.78. The van der Waals surface area contributed by atoms with Crippen LogP contribution in [0.4, 0.5) is 0 Å². The zero-order chi connectivity index (χ0) is 35.0. The maximum atomic E-state index is 12.8. The Kier molecular flexibility index (Phi) is 18.2. The van der Waals surface area contributed by atoms with E-state index in [4.69, 9.17) is 24.7 Å². The molecule has 1 heterocycles. The molecule has 1 fully saturated rings. The number of rotatable bonds is 13. The average molecular weight is 659 g/mol. The summed E-state index contributed by atoms with van der Waals surface area (Å²) in [7, 11) is 0. The van der Waals surface area contributed by atoms with Gasteiger partial charge in [-0.2, -0.15) is 0 Å². The summed E-state index contributed by atoms with van der Waals surface area (Å²) in [6, 6.07) is 0. The summed E-state index contributed by atoms with van der Waals surface area (Å²) in [5.74, 6) is -1.18. The van der Waals surface area contributed by atoms with Crippen molar-refractivity contribution in [3.8, 4) is 0 Å². The standard InChI is InChI=1S/C32H62N6O8/c1-30(2,3)44-27(40)23-36-14-12-35(22-26(39)34-11-21-43-20-10-33)13-15-37(24-28(41)45-31(4,5)6)17-19-38(18-16-36)25-29(42)46-32(7,8)9/h10-25,33H2,1-9H3,(H,34,39). The molecule has 14 nitrogen and oxygen atoms in total. The van der Waals surface area contributed by atoms with E-state index in [1.807, 2.05) is 81.9 Å². The Bertz CT molecular complexity index is 898. The van der Waals surface area contributed by atoms with Crippen molar-refractivity contribution in [1.29, 1.82) is 0 Å². The number of nitrogens with zero attached hydrogens (tertiary/aromatic N) is 4. The van der Waals surface area contributed by atoms with Gasteiger partial charge in [0.2, 0.25) is 5.91 Å². The topological polar surface area (TPSA) is 156 Å². The van der Waals surface area contributed by atoms with E-state index in [1.54, 1.807) is 0 Å². The van der Waals surface area contributed by atoms with Crippen LogP contribution in [-0.4, -0.2) is 165 Å². The van der Waals surface area contributed by atoms with E-state index in [2.05, 4.69) is 5.32 Å². The number of hydrogen-bond donors (Lipinski definition) is 2. The molecule has 0 spiro atoms. The molecule has 0 aromatic rings. The highest BCUT2D eigenvalue weighted by Crippen LogP contribution is 2.11. The van der Waals surface area contributed by atoms with Crippen molar-refractivity contribution in [1.82, 2.24) is 24.9 Å². The van der Waals surface area contributed by atoms with Gasteiger partial charge in [-0.3, -0.25) is 38.8 Å². The van der Waals surface area contributed by atoms with E-state index in [1.165, 1.54) is 0 Å². The number of amides is 1. The molecule has 0 radical (unpaired) electrons. The fourth-order valence-electron chi connectivity index (χ4n) is 4.59. The van der Waals surface area contributed by atoms with Gasteiger partial charge in [-0.25, -0.2) is 0 Å². The van der Waals surface area contributed by atoms with Crippen LogP contribution < -0.4 is 11.1 Å². The second-order valence-corrected chi connectivity index (χ2v) is 14.6. The van der Waals surface area contributed by atoms with Crippen LogP contribution in [0.3, 0.4) is 0 Å². The maximum absolute atomic E-state index is 12.8. The minimum Gasteiger partial charge on any atom is -0.459 e. The molecule has 1 aliphatic rings. The lowest BCUT2D eigenvalue weighted by Crippen LogP contribution is -2.50. The van der Waals surface area contributed by atoms with Crippen LogP contribution in [0.1, 0.15) is 62.3 Å². The first kappa shape index (κ1) is 41.7. The van der Waals surface area contributed by atoms with Crippen LogP contribution in [-0.2, 0) is 38.1 Å². The molecule has 0 aromatic heterocycles. The largest absolute Gasteiger partial charge is 0.459 e. The first-order valence-corrected chi connectivity index (χ1v) is 16.3. The number of carbonyl (C=O) groups is 4. The second-order valence-electron chi connectivity index (χ2n) is 14.6. The van der Waals surface area contributed by atoms with Gasteiger partial charge in [0.15, 0.2) is 0 Å². The molecule has 268 valence electrons. The molecule has 0 atom stereocenters. The average Bonchev–Trinajstić information content (AvgIpc) is 2.86. The van der Waals surface area contributed by atoms with Gasteiger partial charge < -0.3 is 30.0 Å². The zero-order valence-electron chi connectivity index (χ0n) is 29.9. The van der Waals surface area contributed by atoms with E-state index >= 15 is 0 Å². The highest BCUT2D eigenvalue weighted by Gasteiger charge is 2.26. The third-order valence-electron chi connectivity index (χ3n) is 6.45. The summed E-state index contributed by atoms with van der Waals surface area (Å²) >= 11 is 0. The predicted molar refractivity (Wildman–Crippen MR) is 176 cm³/mol. The van der Waals surface area contributed by atoms with Crippen LogP contribution in [0, 0.1) is 0 Å². The summed E-state index contributed by atoms with van der Waals surface area (Å²) in [4.78, 5) is 59.3. The molecule has 46 heavy (non-hydrogen) atoms. The third kappa shape index (κ3) is 22.2. The number of nitrogens with two attached hydrogens (primary N) is 1. The Labute approximate surface area is 276 Å². The van der Waals surface area contributed by atoms with Crippen molar-refractivity contribution in [2.24, 2.45) is 5.73 Å². The fourth-order valence-corrected chi connectivity index (χ4v) is 4.59. The SMILES string of the molecule is CC(C)(C)OC(=O)CN1CCN(CC(=O)NCCOCCN)CCN(CC(=O)OC(C)(C)C)CCN(CC(=O)OC(C)(C)C)CC1. The fraction of sp³-hybridized carbons (Fsp3) is 0.875. The molecular weight excluding hydrogens is 596 g/mol. The maximum Gasteiger partial charge on any atom is 0.320 e. The molecule has 0 saturated carbocycles. The number of nitrogens with one attached hydrogen (secondary N) is 1. The Morgan fingerprint density at radius 1 is 0.543 bits per heavy atom. The van der Waals surface area contributed by atoms with Crippen LogP contribution in [0.2, 0.25) is 0 Å². The van der Waals surface area contributed by atoms with E-state index < -0.39 is 16.8 Å². The second kappa shape index (κ2) is 20.1. The molecule has 1 aliphatic heterocycles. The van der Waals surface area contributed by atoms with Crippen molar-refractivity contribution in [3.63, 3.8) is 0 Å². The molecule has 0 bridgehead atoms. The summed E-state index contributed by atoms with van der Waals surface area (Å²) in [5, 5.41) is 2.88. The van der Waals surface area contributed by atoms with Crippen molar-refractivity contribution < 1.29 is 38.1 Å². The third-order valence-corrected chi connectivity index (χ3v) is 6.45. The Morgan fingerprint density at radius 3 is 1.13 bits per heavy atom. The number of carbonyl (C=O) groups excluding carboxylic acids is 4. The summed E-state index contributed by atoms with van der Waals surface area (Å²) in [6.07, 6.45) is 0. The van der Waals surface area contributed by atoms with Gasteiger partial charge in [0.05, 0.1) is 39.4 Å². The first-order valence-electron chi connectivity index (χ1n) is 16.3. The van der Waals surface area contributed by atoms with Crippen molar-refractivity contribution in [3.05, 3.63) is 0 Å². The Morgan fingerprint density at radius 2 is 0.848 bits per heavy atom. The van der Waals surface area contributed by atoms with E-state index in [9.17, 15) is 19.2 Å². The normalized spacial score (nSPS) is 17.4. The molecule has 1 rings (SSSR count). The van der Waals surface area contributed by atoms with E-state index in [0.29, 0.717) is 78.7 Å². The summed E-state index contributed by atoms with van der Waals surface area (Å²) in [6.45, 7) is 22.3. The van der Waals surface area contributed by atoms with E-state index in [0.717, 1.165) is 0 Å². The summed E-state index contributed by atoms with van der Waals surface area (Å²) in [5.41, 5.74) is 3.58. The molecular formula is C32H62N6O8. The van der Waals surface area contributed by atoms with Gasteiger partial charge in [0.25, 0.3) is 0 Å². The number of esters is 3. The van der Waals surface area contributed by atoms with Crippen molar-refractivity contribution in [2.45, 2.75) is 79.1 Å². The molecule has 3 N–H and O–H groups in total. The quantitative estimate of drug-likeness (QED) is 0.159. The van der Waals surface area contributed by atoms with Gasteiger partial charge in [-0.05, 0) is 62.3 Å². The molecule has 14 heteroatoms. The van der Waals surface area contributed by atoms with Gasteiger partial charge in [0, 0.05) is 65.4 Å². The van der Waals surface area contributed by atoms with Crippen LogP contribution in [0.5, 0.6) is 0 Å². The van der Waals surface area contributed by atoms with Crippen LogP contribution in [0.25, 0.3) is 0 Å². The van der Waals surface area contributed by atoms with Crippen molar-refractivity contribution >= 4 is 23.8 Å². The molecule has 1 amide bonds. The predicted octanol–water partition coefficient (Wildman–Crippen LogP) is 0.325. The lowest BCUT2D eigenvalue weighted by Gasteiger charge is -2.34. The number of ether oxygens (including phenoxy) is 4. The van der Waals surface area contributed by atoms with Gasteiger partial charge in [-0.1, -0.05) is 0 Å². The van der Waals surface area contributed by atoms with Gasteiger partial charge >= 0.3 is 17.9 Å². The van der Waals surface area contributed by atoms with Gasteiger partial charge in [-0.15, -0.1) is 0 Å². The molecule has 0 aromatic carbocycles. The Balaban J connectivity index is 3.16. The number of hydrogen-bond acceptors (Lipinski definition) is 13. The molecule has 0 aliphatic carbocycles. The molecule has 0 unspecified atom stereocenters. The van der Waals surface area contributed by atoms with Crippen molar-refractivity contribution in [2.75, 3.05) is 105 Å². The Hall–Kier alpha value is -2.36. The van der Waals surface area contributed by atoms with Gasteiger partial charge in [0.1, 0.15) is 16.8 Å². The first-order chi connectivity index (χ1) is 21.2. The van der Waals surface area contributed by atoms with Crippen LogP contribution >= 0.6 is 0 Å². The van der Waals surface area contributed by atoms with Crippen LogP contribution in [0.15, 0.2) is 0 Å². The minimum atomic E-state index is -0.623. The highest BCUT2D eigenvalue weighted by atomic mass is 16.6. The molecule has 1 saturated heterocycles. The zero-order valence-corrected chi connectivity index (χ0v) is 29.9. The lowest BCUT2D eigenvalue weighted by molar-refractivity contribution is -0.158. The lowest BCUT2D eigenvalue weighted by atomic mass is 10.2.